The predicted molar refractivity (Wildman–Crippen MR) is 67.2 cm³/mol. The Kier molecular flexibility index (Phi) is 5.75. The van der Waals surface area contributed by atoms with Gasteiger partial charge >= 0.3 is 0 Å². The van der Waals surface area contributed by atoms with Crippen LogP contribution in [-0.2, 0) is 10.0 Å². The summed E-state index contributed by atoms with van der Waals surface area (Å²) in [7, 11) is -3.57. The van der Waals surface area contributed by atoms with Gasteiger partial charge in [0, 0.05) is 18.9 Å². The highest BCUT2D eigenvalue weighted by Crippen LogP contribution is 2.13. The Morgan fingerprint density at radius 2 is 2.29 bits per heavy atom. The number of nitrogens with zero attached hydrogens (tertiary/aromatic N) is 1. The van der Waals surface area contributed by atoms with E-state index in [1.165, 1.54) is 6.20 Å². The molecule has 1 aromatic rings. The summed E-state index contributed by atoms with van der Waals surface area (Å²) < 4.78 is 25.8. The van der Waals surface area contributed by atoms with Gasteiger partial charge in [0.25, 0.3) is 0 Å². The van der Waals surface area contributed by atoms with Crippen LogP contribution in [0.1, 0.15) is 6.42 Å². The Morgan fingerprint density at radius 3 is 2.88 bits per heavy atom. The van der Waals surface area contributed by atoms with Crippen LogP contribution in [-0.4, -0.2) is 48.4 Å². The number of aliphatic hydroxyl groups is 1. The molecule has 0 aliphatic heterocycles. The van der Waals surface area contributed by atoms with Gasteiger partial charge in [-0.25, -0.2) is 13.1 Å². The van der Waals surface area contributed by atoms with E-state index in [0.29, 0.717) is 18.7 Å². The van der Waals surface area contributed by atoms with E-state index in [1.807, 2.05) is 0 Å². The largest absolute Gasteiger partial charge is 0.396 e. The van der Waals surface area contributed by atoms with Crippen LogP contribution in [0.3, 0.4) is 0 Å². The standard InChI is InChI=1S/C8H16N4O3S2/c9-8-7(6-10-12-8)17(14,15)11-2-5-16-4-1-3-13/h6,11,13H,1-5H2,(H3,9,10,12). The van der Waals surface area contributed by atoms with E-state index in [-0.39, 0.29) is 17.3 Å². The number of hydrogen-bond acceptors (Lipinski definition) is 6. The van der Waals surface area contributed by atoms with Gasteiger partial charge in [-0.3, -0.25) is 5.10 Å². The smallest absolute Gasteiger partial charge is 0.245 e. The number of nitrogens with two attached hydrogens (primary N) is 1. The minimum absolute atomic E-state index is 0.0298. The molecule has 0 spiro atoms. The molecule has 0 unspecified atom stereocenters. The second-order valence-corrected chi connectivity index (χ2v) is 6.20. The third kappa shape index (κ3) is 4.54. The van der Waals surface area contributed by atoms with Gasteiger partial charge in [0.1, 0.15) is 10.7 Å². The minimum atomic E-state index is -3.57. The summed E-state index contributed by atoms with van der Waals surface area (Å²) in [6.07, 6.45) is 1.89. The van der Waals surface area contributed by atoms with Crippen molar-refractivity contribution in [2.24, 2.45) is 0 Å². The lowest BCUT2D eigenvalue weighted by molar-refractivity contribution is 0.296. The summed E-state index contributed by atoms with van der Waals surface area (Å²) >= 11 is 1.58. The van der Waals surface area contributed by atoms with Gasteiger partial charge in [-0.05, 0) is 12.2 Å². The molecule has 1 heterocycles. The maximum atomic E-state index is 11.7. The summed E-state index contributed by atoms with van der Waals surface area (Å²) in [5.41, 5.74) is 5.43. The number of H-pyrrole nitrogens is 1. The number of nitrogens with one attached hydrogen (secondary N) is 2. The fourth-order valence-electron chi connectivity index (χ4n) is 1.09. The highest BCUT2D eigenvalue weighted by Gasteiger charge is 2.18. The number of aromatic amines is 1. The first-order chi connectivity index (χ1) is 8.08. The van der Waals surface area contributed by atoms with E-state index in [0.717, 1.165) is 5.75 Å². The Morgan fingerprint density at radius 1 is 1.53 bits per heavy atom. The maximum absolute atomic E-state index is 11.7. The van der Waals surface area contributed by atoms with E-state index in [2.05, 4.69) is 14.9 Å². The molecule has 0 aliphatic rings. The highest BCUT2D eigenvalue weighted by molar-refractivity contribution is 7.99. The molecule has 5 N–H and O–H groups in total. The summed E-state index contributed by atoms with van der Waals surface area (Å²) in [6.45, 7) is 0.479. The molecule has 7 nitrogen and oxygen atoms in total. The number of thioether (sulfide) groups is 1. The third-order valence-corrected chi connectivity index (χ3v) is 4.47. The lowest BCUT2D eigenvalue weighted by Crippen LogP contribution is -2.26. The van der Waals surface area contributed by atoms with Crippen molar-refractivity contribution in [1.82, 2.24) is 14.9 Å². The quantitative estimate of drug-likeness (QED) is 0.471. The maximum Gasteiger partial charge on any atom is 0.245 e. The van der Waals surface area contributed by atoms with Gasteiger partial charge in [-0.2, -0.15) is 16.9 Å². The monoisotopic (exact) mass is 280 g/mol. The molecule has 0 saturated heterocycles. The molecule has 9 heteroatoms. The normalized spacial score (nSPS) is 11.8. The van der Waals surface area contributed by atoms with E-state index in [1.54, 1.807) is 11.8 Å². The van der Waals surface area contributed by atoms with Crippen molar-refractivity contribution in [3.63, 3.8) is 0 Å². The fraction of sp³-hybridized carbons (Fsp3) is 0.625. The molecule has 0 radical (unpaired) electrons. The second-order valence-electron chi connectivity index (χ2n) is 3.24. The molecule has 0 atom stereocenters. The van der Waals surface area contributed by atoms with E-state index in [4.69, 9.17) is 10.8 Å². The zero-order valence-electron chi connectivity index (χ0n) is 9.22. The van der Waals surface area contributed by atoms with Crippen LogP contribution in [0.25, 0.3) is 0 Å². The molecule has 0 bridgehead atoms. The summed E-state index contributed by atoms with van der Waals surface area (Å²) in [6, 6.07) is 0. The Labute approximate surface area is 104 Å². The number of aliphatic hydroxyl groups excluding tert-OH is 1. The average molecular weight is 280 g/mol. The molecule has 98 valence electrons. The second kappa shape index (κ2) is 6.84. The number of sulfonamides is 1. The van der Waals surface area contributed by atoms with Gasteiger partial charge < -0.3 is 10.8 Å². The SMILES string of the molecule is Nc1[nH]ncc1S(=O)(=O)NCCSCCCO. The zero-order valence-corrected chi connectivity index (χ0v) is 10.9. The molecule has 0 aromatic carbocycles. The number of aromatic nitrogens is 2. The zero-order chi connectivity index (χ0) is 12.7. The molecule has 0 saturated carbocycles. The summed E-state index contributed by atoms with van der Waals surface area (Å²) in [5, 5.41) is 14.5. The van der Waals surface area contributed by atoms with Gasteiger partial charge in [0.2, 0.25) is 10.0 Å². The van der Waals surface area contributed by atoms with Gasteiger partial charge in [-0.15, -0.1) is 0 Å². The summed E-state index contributed by atoms with van der Waals surface area (Å²) in [5.74, 6) is 1.49. The van der Waals surface area contributed by atoms with Crippen molar-refractivity contribution >= 4 is 27.6 Å². The highest BCUT2D eigenvalue weighted by atomic mass is 32.2. The Bertz CT molecular complexity index is 432. The third-order valence-electron chi connectivity index (χ3n) is 1.91. The van der Waals surface area contributed by atoms with Crippen LogP contribution >= 0.6 is 11.8 Å². The number of anilines is 1. The molecule has 0 amide bonds. The van der Waals surface area contributed by atoms with E-state index in [9.17, 15) is 8.42 Å². The number of hydrogen-bond donors (Lipinski definition) is 4. The van der Waals surface area contributed by atoms with E-state index < -0.39 is 10.0 Å². The number of rotatable bonds is 8. The average Bonchev–Trinajstić information content (AvgIpc) is 2.70. The molecule has 0 fully saturated rings. The van der Waals surface area contributed by atoms with Gasteiger partial charge in [0.15, 0.2) is 0 Å². The number of nitrogen functional groups attached to an aromatic ring is 1. The van der Waals surface area contributed by atoms with Crippen molar-refractivity contribution in [1.29, 1.82) is 0 Å². The first-order valence-corrected chi connectivity index (χ1v) is 7.69. The van der Waals surface area contributed by atoms with Crippen LogP contribution in [0.4, 0.5) is 5.82 Å². The van der Waals surface area contributed by atoms with Crippen molar-refractivity contribution in [3.8, 4) is 0 Å². The predicted octanol–water partition coefficient (Wildman–Crippen LogP) is -0.614. The van der Waals surface area contributed by atoms with Crippen LogP contribution < -0.4 is 10.5 Å². The van der Waals surface area contributed by atoms with Gasteiger partial charge in [-0.1, -0.05) is 0 Å². The lowest BCUT2D eigenvalue weighted by atomic mass is 10.5. The van der Waals surface area contributed by atoms with Crippen LogP contribution in [0.2, 0.25) is 0 Å². The van der Waals surface area contributed by atoms with Crippen LogP contribution in [0, 0.1) is 0 Å². The molecular weight excluding hydrogens is 264 g/mol. The van der Waals surface area contributed by atoms with Gasteiger partial charge in [0.05, 0.1) is 6.20 Å². The minimum Gasteiger partial charge on any atom is -0.396 e. The molecule has 1 rings (SSSR count). The molecule has 17 heavy (non-hydrogen) atoms. The Balaban J connectivity index is 2.34. The van der Waals surface area contributed by atoms with Crippen molar-refractivity contribution in [3.05, 3.63) is 6.20 Å². The molecular formula is C8H16N4O3S2. The van der Waals surface area contributed by atoms with Crippen molar-refractivity contribution < 1.29 is 13.5 Å². The van der Waals surface area contributed by atoms with Crippen molar-refractivity contribution in [2.75, 3.05) is 30.4 Å². The van der Waals surface area contributed by atoms with Crippen LogP contribution in [0.5, 0.6) is 0 Å². The van der Waals surface area contributed by atoms with Crippen LogP contribution in [0.15, 0.2) is 11.1 Å². The fourth-order valence-corrected chi connectivity index (χ4v) is 3.06. The van der Waals surface area contributed by atoms with Crippen molar-refractivity contribution in [2.45, 2.75) is 11.3 Å². The topological polar surface area (TPSA) is 121 Å². The lowest BCUT2D eigenvalue weighted by Gasteiger charge is -2.05. The first kappa shape index (κ1) is 14.3. The summed E-state index contributed by atoms with van der Waals surface area (Å²) in [4.78, 5) is -0.0298. The first-order valence-electron chi connectivity index (χ1n) is 5.05. The Hall–Kier alpha value is -0.770. The molecule has 0 aliphatic carbocycles. The van der Waals surface area contributed by atoms with E-state index >= 15 is 0 Å². The molecule has 1 aromatic heterocycles.